The predicted molar refractivity (Wildman–Crippen MR) is 103 cm³/mol. The summed E-state index contributed by atoms with van der Waals surface area (Å²) in [7, 11) is 0. The molecule has 3 aromatic heterocycles. The number of hydrogen-bond acceptors (Lipinski definition) is 5. The SMILES string of the molecule is Cc1nc(-c2cn(C(C)C)c3ncccc23)sc1C(=O)N1CCOCC1. The molecule has 1 aliphatic rings. The van der Waals surface area contributed by atoms with Crippen molar-refractivity contribution in [3.8, 4) is 10.6 Å². The summed E-state index contributed by atoms with van der Waals surface area (Å²) in [4.78, 5) is 24.7. The van der Waals surface area contributed by atoms with Crippen molar-refractivity contribution in [1.82, 2.24) is 19.4 Å². The molecule has 136 valence electrons. The lowest BCUT2D eigenvalue weighted by atomic mass is 10.2. The van der Waals surface area contributed by atoms with Crippen LogP contribution in [-0.4, -0.2) is 51.6 Å². The van der Waals surface area contributed by atoms with Gasteiger partial charge in [0, 0.05) is 42.5 Å². The quantitative estimate of drug-likeness (QED) is 0.708. The smallest absolute Gasteiger partial charge is 0.266 e. The van der Waals surface area contributed by atoms with Gasteiger partial charge in [0.05, 0.1) is 18.9 Å². The highest BCUT2D eigenvalue weighted by Crippen LogP contribution is 2.35. The lowest BCUT2D eigenvalue weighted by molar-refractivity contribution is 0.0305. The monoisotopic (exact) mass is 370 g/mol. The molecular formula is C19H22N4O2S. The molecular weight excluding hydrogens is 348 g/mol. The molecule has 0 saturated carbocycles. The Morgan fingerprint density at radius 3 is 2.81 bits per heavy atom. The van der Waals surface area contributed by atoms with Crippen molar-refractivity contribution in [2.24, 2.45) is 0 Å². The molecule has 1 fully saturated rings. The molecule has 0 unspecified atom stereocenters. The van der Waals surface area contributed by atoms with Crippen LogP contribution in [0.1, 0.15) is 35.3 Å². The number of thiazole rings is 1. The third-order valence-electron chi connectivity index (χ3n) is 4.67. The van der Waals surface area contributed by atoms with Crippen molar-refractivity contribution < 1.29 is 9.53 Å². The number of ether oxygens (including phenoxy) is 1. The first kappa shape index (κ1) is 17.2. The van der Waals surface area contributed by atoms with Gasteiger partial charge in [0.1, 0.15) is 15.5 Å². The van der Waals surface area contributed by atoms with E-state index in [4.69, 9.17) is 9.72 Å². The largest absolute Gasteiger partial charge is 0.378 e. The zero-order valence-corrected chi connectivity index (χ0v) is 16.0. The molecule has 1 saturated heterocycles. The number of carbonyl (C=O) groups excluding carboxylic acids is 1. The summed E-state index contributed by atoms with van der Waals surface area (Å²) < 4.78 is 7.51. The molecule has 7 heteroatoms. The maximum absolute atomic E-state index is 12.9. The van der Waals surface area contributed by atoms with E-state index in [0.29, 0.717) is 32.3 Å². The third kappa shape index (κ3) is 2.91. The summed E-state index contributed by atoms with van der Waals surface area (Å²) >= 11 is 1.47. The highest BCUT2D eigenvalue weighted by molar-refractivity contribution is 7.17. The Bertz CT molecular complexity index is 954. The first-order chi connectivity index (χ1) is 12.6. The molecule has 4 heterocycles. The van der Waals surface area contributed by atoms with Crippen LogP contribution >= 0.6 is 11.3 Å². The van der Waals surface area contributed by atoms with Crippen molar-refractivity contribution in [3.05, 3.63) is 35.1 Å². The molecule has 0 atom stereocenters. The number of aryl methyl sites for hydroxylation is 1. The minimum absolute atomic E-state index is 0.0558. The molecule has 6 nitrogen and oxygen atoms in total. The zero-order chi connectivity index (χ0) is 18.3. The minimum Gasteiger partial charge on any atom is -0.378 e. The number of amides is 1. The van der Waals surface area contributed by atoms with E-state index in [1.165, 1.54) is 11.3 Å². The van der Waals surface area contributed by atoms with E-state index in [-0.39, 0.29) is 5.91 Å². The standard InChI is InChI=1S/C19H22N4O2S/c1-12(2)23-11-15(14-5-4-6-20-17(14)23)18-21-13(3)16(26-18)19(24)22-7-9-25-10-8-22/h4-6,11-12H,7-10H2,1-3H3. The van der Waals surface area contributed by atoms with E-state index in [9.17, 15) is 4.79 Å². The lowest BCUT2D eigenvalue weighted by Gasteiger charge is -2.26. The lowest BCUT2D eigenvalue weighted by Crippen LogP contribution is -2.40. The third-order valence-corrected chi connectivity index (χ3v) is 5.84. The van der Waals surface area contributed by atoms with Gasteiger partial charge in [-0.25, -0.2) is 9.97 Å². The number of fused-ring (bicyclic) bond motifs is 1. The van der Waals surface area contributed by atoms with Crippen LogP contribution in [0.2, 0.25) is 0 Å². The van der Waals surface area contributed by atoms with Crippen LogP contribution in [0, 0.1) is 6.92 Å². The molecule has 1 aliphatic heterocycles. The van der Waals surface area contributed by atoms with Gasteiger partial charge in [-0.15, -0.1) is 11.3 Å². The Morgan fingerprint density at radius 2 is 2.08 bits per heavy atom. The summed E-state index contributed by atoms with van der Waals surface area (Å²) in [5, 5.41) is 1.94. The van der Waals surface area contributed by atoms with Crippen LogP contribution in [0.3, 0.4) is 0 Å². The summed E-state index contributed by atoms with van der Waals surface area (Å²) in [6, 6.07) is 4.31. The average Bonchev–Trinajstić information content (AvgIpc) is 3.22. The molecule has 0 bridgehead atoms. The normalized spacial score (nSPS) is 15.2. The Kier molecular flexibility index (Phi) is 4.50. The molecule has 0 spiro atoms. The second kappa shape index (κ2) is 6.81. The highest BCUT2D eigenvalue weighted by Gasteiger charge is 2.24. The highest BCUT2D eigenvalue weighted by atomic mass is 32.1. The van der Waals surface area contributed by atoms with Crippen LogP contribution in [0.15, 0.2) is 24.5 Å². The second-order valence-corrected chi connectivity index (χ2v) is 7.76. The molecule has 0 aliphatic carbocycles. The van der Waals surface area contributed by atoms with E-state index in [1.807, 2.05) is 24.1 Å². The summed E-state index contributed by atoms with van der Waals surface area (Å²) in [5.41, 5.74) is 2.78. The zero-order valence-electron chi connectivity index (χ0n) is 15.2. The predicted octanol–water partition coefficient (Wildman–Crippen LogP) is 3.52. The molecule has 26 heavy (non-hydrogen) atoms. The fourth-order valence-electron chi connectivity index (χ4n) is 3.27. The van der Waals surface area contributed by atoms with E-state index in [2.05, 4.69) is 35.7 Å². The van der Waals surface area contributed by atoms with Gasteiger partial charge in [0.25, 0.3) is 5.91 Å². The van der Waals surface area contributed by atoms with Gasteiger partial charge in [0.2, 0.25) is 0 Å². The summed E-state index contributed by atoms with van der Waals surface area (Å²) in [5.74, 6) is 0.0558. The molecule has 1 amide bonds. The van der Waals surface area contributed by atoms with Gasteiger partial charge >= 0.3 is 0 Å². The Hall–Kier alpha value is -2.25. The van der Waals surface area contributed by atoms with Gasteiger partial charge in [-0.05, 0) is 32.9 Å². The Morgan fingerprint density at radius 1 is 1.31 bits per heavy atom. The summed E-state index contributed by atoms with van der Waals surface area (Å²) in [6.07, 6.45) is 3.91. The number of pyridine rings is 1. The maximum Gasteiger partial charge on any atom is 0.266 e. The fourth-order valence-corrected chi connectivity index (χ4v) is 4.33. The Labute approximate surface area is 156 Å². The van der Waals surface area contributed by atoms with E-state index in [1.54, 1.807) is 0 Å². The molecule has 0 aromatic carbocycles. The van der Waals surface area contributed by atoms with E-state index >= 15 is 0 Å². The molecule has 0 radical (unpaired) electrons. The maximum atomic E-state index is 12.9. The Balaban J connectivity index is 1.76. The van der Waals surface area contributed by atoms with Crippen molar-refractivity contribution in [2.45, 2.75) is 26.8 Å². The number of carbonyl (C=O) groups is 1. The second-order valence-electron chi connectivity index (χ2n) is 6.76. The van der Waals surface area contributed by atoms with E-state index in [0.717, 1.165) is 32.2 Å². The topological polar surface area (TPSA) is 60.2 Å². The number of hydrogen-bond donors (Lipinski definition) is 0. The number of nitrogens with zero attached hydrogens (tertiary/aromatic N) is 4. The van der Waals surface area contributed by atoms with Crippen LogP contribution in [-0.2, 0) is 4.74 Å². The van der Waals surface area contributed by atoms with E-state index < -0.39 is 0 Å². The van der Waals surface area contributed by atoms with Crippen molar-refractivity contribution in [3.63, 3.8) is 0 Å². The van der Waals surface area contributed by atoms with Crippen molar-refractivity contribution >= 4 is 28.3 Å². The first-order valence-corrected chi connectivity index (χ1v) is 9.68. The van der Waals surface area contributed by atoms with Crippen LogP contribution in [0.5, 0.6) is 0 Å². The summed E-state index contributed by atoms with van der Waals surface area (Å²) in [6.45, 7) is 8.67. The van der Waals surface area contributed by atoms with Crippen molar-refractivity contribution in [2.75, 3.05) is 26.3 Å². The first-order valence-electron chi connectivity index (χ1n) is 8.86. The average molecular weight is 370 g/mol. The molecule has 0 N–H and O–H groups in total. The van der Waals surface area contributed by atoms with Crippen LogP contribution < -0.4 is 0 Å². The van der Waals surface area contributed by atoms with Gasteiger partial charge in [-0.1, -0.05) is 0 Å². The number of aromatic nitrogens is 3. The number of morpholine rings is 1. The molecule has 4 rings (SSSR count). The molecule has 3 aromatic rings. The fraction of sp³-hybridized carbons (Fsp3) is 0.421. The van der Waals surface area contributed by atoms with Gasteiger partial charge in [0.15, 0.2) is 0 Å². The minimum atomic E-state index is 0.0558. The van der Waals surface area contributed by atoms with Crippen molar-refractivity contribution in [1.29, 1.82) is 0 Å². The van der Waals surface area contributed by atoms with Crippen LogP contribution in [0.4, 0.5) is 0 Å². The van der Waals surface area contributed by atoms with Gasteiger partial charge < -0.3 is 14.2 Å². The van der Waals surface area contributed by atoms with Gasteiger partial charge in [-0.3, -0.25) is 4.79 Å². The van der Waals surface area contributed by atoms with Crippen LogP contribution in [0.25, 0.3) is 21.6 Å². The number of rotatable bonds is 3. The van der Waals surface area contributed by atoms with Gasteiger partial charge in [-0.2, -0.15) is 0 Å².